The molecule has 0 unspecified atom stereocenters. The molecule has 1 rings (SSSR count). The first-order valence-electron chi connectivity index (χ1n) is 5.32. The number of carbonyl (C=O) groups is 1. The topological polar surface area (TPSA) is 38.3 Å². The maximum atomic E-state index is 11.8. The van der Waals surface area contributed by atoms with Gasteiger partial charge in [-0.15, -0.1) is 0 Å². The molecule has 1 N–H and O–H groups in total. The summed E-state index contributed by atoms with van der Waals surface area (Å²) in [5.41, 5.74) is 1.31. The molecule has 1 aliphatic rings. The van der Waals surface area contributed by atoms with Crippen LogP contribution in [0, 0.1) is 5.41 Å². The minimum Gasteiger partial charge on any atom is -0.272 e. The Hall–Kier alpha value is -0.780. The number of carbonyl (C=O) groups excluding carboxylic acids is 1. The van der Waals surface area contributed by atoms with Gasteiger partial charge in [-0.2, -0.15) is 13.2 Å². The second kappa shape index (κ2) is 5.03. The minimum absolute atomic E-state index is 0.448. The van der Waals surface area contributed by atoms with Crippen LogP contribution in [0.4, 0.5) is 13.2 Å². The second-order valence-electron chi connectivity index (χ2n) is 4.46. The van der Waals surface area contributed by atoms with Crippen molar-refractivity contribution in [2.45, 2.75) is 45.2 Å². The maximum absolute atomic E-state index is 11.8. The lowest BCUT2D eigenvalue weighted by Crippen LogP contribution is -2.41. The monoisotopic (exact) mass is 239 g/mol. The molecule has 0 heterocycles. The van der Waals surface area contributed by atoms with Crippen LogP contribution in [0.5, 0.6) is 0 Å². The van der Waals surface area contributed by atoms with Gasteiger partial charge in [0.2, 0.25) is 5.91 Å². The van der Waals surface area contributed by atoms with Crippen LogP contribution in [0.1, 0.15) is 39.0 Å². The van der Waals surface area contributed by atoms with Crippen molar-refractivity contribution >= 4 is 5.91 Å². The van der Waals surface area contributed by atoms with Gasteiger partial charge in [-0.1, -0.05) is 26.2 Å². The normalized spacial score (nSPS) is 20.5. The van der Waals surface area contributed by atoms with Crippen LogP contribution in [-0.2, 0) is 9.63 Å². The molecule has 0 atom stereocenters. The van der Waals surface area contributed by atoms with Crippen LogP contribution in [0.15, 0.2) is 0 Å². The quantitative estimate of drug-likeness (QED) is 0.769. The van der Waals surface area contributed by atoms with Gasteiger partial charge in [0.15, 0.2) is 6.61 Å². The fourth-order valence-electron chi connectivity index (χ4n) is 1.87. The number of alkyl halides is 3. The number of rotatable bonds is 3. The Bertz CT molecular complexity index is 247. The highest BCUT2D eigenvalue weighted by atomic mass is 19.4. The van der Waals surface area contributed by atoms with E-state index in [4.69, 9.17) is 0 Å². The van der Waals surface area contributed by atoms with E-state index in [1.54, 1.807) is 6.92 Å². The zero-order chi connectivity index (χ0) is 12.2. The molecule has 1 amide bonds. The molecule has 0 bridgehead atoms. The first-order chi connectivity index (χ1) is 7.33. The maximum Gasteiger partial charge on any atom is 0.414 e. The van der Waals surface area contributed by atoms with Crippen LogP contribution in [0.3, 0.4) is 0 Å². The van der Waals surface area contributed by atoms with Gasteiger partial charge >= 0.3 is 6.18 Å². The molecule has 0 aliphatic heterocycles. The molecule has 6 heteroatoms. The summed E-state index contributed by atoms with van der Waals surface area (Å²) in [6.45, 7) is 0.313. The highest BCUT2D eigenvalue weighted by molar-refractivity contribution is 5.81. The lowest BCUT2D eigenvalue weighted by atomic mass is 9.75. The number of nitrogens with one attached hydrogen (secondary N) is 1. The van der Waals surface area contributed by atoms with E-state index in [0.29, 0.717) is 12.8 Å². The Morgan fingerprint density at radius 1 is 1.31 bits per heavy atom. The summed E-state index contributed by atoms with van der Waals surface area (Å²) in [4.78, 5) is 15.8. The van der Waals surface area contributed by atoms with Crippen LogP contribution in [0.25, 0.3) is 0 Å². The van der Waals surface area contributed by atoms with Crippen molar-refractivity contribution in [3.63, 3.8) is 0 Å². The molecule has 0 aromatic heterocycles. The highest BCUT2D eigenvalue weighted by Crippen LogP contribution is 2.35. The first kappa shape index (κ1) is 13.3. The lowest BCUT2D eigenvalue weighted by molar-refractivity contribution is -0.194. The summed E-state index contributed by atoms with van der Waals surface area (Å²) in [7, 11) is 0. The van der Waals surface area contributed by atoms with Gasteiger partial charge in [0.05, 0.1) is 0 Å². The third-order valence-corrected chi connectivity index (χ3v) is 2.91. The number of hydrogen-bond donors (Lipinski definition) is 1. The molecule has 94 valence electrons. The third kappa shape index (κ3) is 4.00. The van der Waals surface area contributed by atoms with Crippen molar-refractivity contribution in [1.29, 1.82) is 0 Å². The Morgan fingerprint density at radius 3 is 2.38 bits per heavy atom. The van der Waals surface area contributed by atoms with E-state index < -0.39 is 24.1 Å². The van der Waals surface area contributed by atoms with Crippen LogP contribution in [-0.4, -0.2) is 18.7 Å². The number of hydroxylamine groups is 1. The molecule has 1 aliphatic carbocycles. The molecule has 0 aromatic rings. The van der Waals surface area contributed by atoms with Crippen LogP contribution < -0.4 is 5.48 Å². The van der Waals surface area contributed by atoms with E-state index in [1.165, 1.54) is 0 Å². The van der Waals surface area contributed by atoms with Gasteiger partial charge in [-0.05, 0) is 12.8 Å². The second-order valence-corrected chi connectivity index (χ2v) is 4.46. The number of hydrogen-bond acceptors (Lipinski definition) is 2. The predicted octanol–water partition coefficient (Wildman–Crippen LogP) is 2.57. The largest absolute Gasteiger partial charge is 0.414 e. The Kier molecular flexibility index (Phi) is 4.18. The summed E-state index contributed by atoms with van der Waals surface area (Å²) in [5, 5.41) is 0. The average Bonchev–Trinajstić information content (AvgIpc) is 2.16. The Morgan fingerprint density at radius 2 is 1.88 bits per heavy atom. The summed E-state index contributed by atoms with van der Waals surface area (Å²) in [6.07, 6.45) is -0.0676. The van der Waals surface area contributed by atoms with Gasteiger partial charge in [0, 0.05) is 5.41 Å². The summed E-state index contributed by atoms with van der Waals surface area (Å²) >= 11 is 0. The third-order valence-electron chi connectivity index (χ3n) is 2.91. The highest BCUT2D eigenvalue weighted by Gasteiger charge is 2.35. The van der Waals surface area contributed by atoms with E-state index in [9.17, 15) is 18.0 Å². The molecular formula is C10H16F3NO2. The molecule has 3 nitrogen and oxygen atoms in total. The molecule has 0 saturated heterocycles. The van der Waals surface area contributed by atoms with E-state index >= 15 is 0 Å². The first-order valence-corrected chi connectivity index (χ1v) is 5.32. The Labute approximate surface area is 92.3 Å². The van der Waals surface area contributed by atoms with Crippen molar-refractivity contribution in [1.82, 2.24) is 5.48 Å². The Balaban J connectivity index is 2.34. The number of amides is 1. The fraction of sp³-hybridized carbons (Fsp3) is 0.900. The molecule has 0 aromatic carbocycles. The van der Waals surface area contributed by atoms with E-state index in [2.05, 4.69) is 4.84 Å². The zero-order valence-electron chi connectivity index (χ0n) is 9.19. The SMILES string of the molecule is CC1(C(=O)NOCC(F)(F)F)CCCCC1. The minimum atomic E-state index is -4.42. The zero-order valence-corrected chi connectivity index (χ0v) is 9.19. The van der Waals surface area contributed by atoms with Gasteiger partial charge in [0.25, 0.3) is 0 Å². The van der Waals surface area contributed by atoms with E-state index in [1.807, 2.05) is 5.48 Å². The smallest absolute Gasteiger partial charge is 0.272 e. The van der Waals surface area contributed by atoms with Crippen molar-refractivity contribution in [3.05, 3.63) is 0 Å². The van der Waals surface area contributed by atoms with Gasteiger partial charge in [-0.3, -0.25) is 9.63 Å². The van der Waals surface area contributed by atoms with Crippen molar-refractivity contribution in [2.75, 3.05) is 6.61 Å². The molecule has 0 spiro atoms. The predicted molar refractivity (Wildman–Crippen MR) is 51.3 cm³/mol. The van der Waals surface area contributed by atoms with E-state index in [-0.39, 0.29) is 0 Å². The summed E-state index contributed by atoms with van der Waals surface area (Å²) in [5.74, 6) is -0.448. The standard InChI is InChI=1S/C10H16F3NO2/c1-9(5-3-2-4-6-9)8(15)14-16-7-10(11,12)13/h2-7H2,1H3,(H,14,15). The molecule has 0 radical (unpaired) electrons. The summed E-state index contributed by atoms with van der Waals surface area (Å²) in [6, 6.07) is 0. The number of halogens is 3. The van der Waals surface area contributed by atoms with Gasteiger partial charge in [-0.25, -0.2) is 5.48 Å². The molecule has 1 fully saturated rings. The van der Waals surface area contributed by atoms with E-state index in [0.717, 1.165) is 19.3 Å². The molecular weight excluding hydrogens is 223 g/mol. The van der Waals surface area contributed by atoms with Gasteiger partial charge < -0.3 is 0 Å². The van der Waals surface area contributed by atoms with Gasteiger partial charge in [0.1, 0.15) is 0 Å². The van der Waals surface area contributed by atoms with Crippen molar-refractivity contribution in [2.24, 2.45) is 5.41 Å². The molecule has 16 heavy (non-hydrogen) atoms. The van der Waals surface area contributed by atoms with Crippen molar-refractivity contribution < 1.29 is 22.8 Å². The summed E-state index contributed by atoms with van der Waals surface area (Å²) < 4.78 is 35.3. The fourth-order valence-corrected chi connectivity index (χ4v) is 1.87. The lowest BCUT2D eigenvalue weighted by Gasteiger charge is -2.31. The van der Waals surface area contributed by atoms with Crippen molar-refractivity contribution in [3.8, 4) is 0 Å². The average molecular weight is 239 g/mol. The van der Waals surface area contributed by atoms with Crippen LogP contribution in [0.2, 0.25) is 0 Å². The van der Waals surface area contributed by atoms with Crippen LogP contribution >= 0.6 is 0 Å². The molecule has 1 saturated carbocycles.